The van der Waals surface area contributed by atoms with Crippen molar-refractivity contribution in [2.75, 3.05) is 6.54 Å². The average Bonchev–Trinajstić information content (AvgIpc) is 2.50. The first-order valence-corrected chi connectivity index (χ1v) is 7.35. The van der Waals surface area contributed by atoms with Crippen LogP contribution in [0, 0.1) is 13.8 Å². The molecule has 0 aliphatic rings. The molecule has 0 spiro atoms. The summed E-state index contributed by atoms with van der Waals surface area (Å²) < 4.78 is 5.62. The van der Waals surface area contributed by atoms with Gasteiger partial charge >= 0.3 is 0 Å². The van der Waals surface area contributed by atoms with Crippen molar-refractivity contribution >= 4 is 5.91 Å². The molecule has 0 unspecified atom stereocenters. The van der Waals surface area contributed by atoms with E-state index in [-0.39, 0.29) is 24.0 Å². The summed E-state index contributed by atoms with van der Waals surface area (Å²) in [5, 5.41) is 2.76. The number of ether oxygens (including phenoxy) is 1. The van der Waals surface area contributed by atoms with Crippen LogP contribution >= 0.6 is 0 Å². The van der Waals surface area contributed by atoms with Crippen LogP contribution in [-0.2, 0) is 11.2 Å². The number of aryl methyl sites for hydroxylation is 2. The van der Waals surface area contributed by atoms with Gasteiger partial charge in [-0.2, -0.15) is 0 Å². The van der Waals surface area contributed by atoms with E-state index in [1.54, 1.807) is 38.4 Å². The van der Waals surface area contributed by atoms with Gasteiger partial charge in [-0.1, -0.05) is 0 Å². The fraction of sp³-hybridized carbons (Fsp3) is 0.375. The van der Waals surface area contributed by atoms with Gasteiger partial charge in [0.05, 0.1) is 19.2 Å². The van der Waals surface area contributed by atoms with Gasteiger partial charge in [0.2, 0.25) is 5.91 Å². The molecule has 122 valence electrons. The van der Waals surface area contributed by atoms with Crippen molar-refractivity contribution in [3.63, 3.8) is 0 Å². The lowest BCUT2D eigenvalue weighted by atomic mass is 10.1. The Labute approximate surface area is 134 Å². The van der Waals surface area contributed by atoms with Crippen LogP contribution in [0.15, 0.2) is 29.3 Å². The van der Waals surface area contributed by atoms with E-state index in [1.807, 2.05) is 6.92 Å². The van der Waals surface area contributed by atoms with E-state index in [0.717, 1.165) is 0 Å². The lowest BCUT2D eigenvalue weighted by Crippen LogP contribution is -2.35. The first kappa shape index (κ1) is 16.7. The van der Waals surface area contributed by atoms with Crippen molar-refractivity contribution < 1.29 is 9.53 Å². The third-order valence-electron chi connectivity index (χ3n) is 3.24. The molecular weight excluding hydrogens is 296 g/mol. The second-order valence-corrected chi connectivity index (χ2v) is 5.31. The number of hydrogen-bond donors (Lipinski definition) is 2. The molecule has 0 saturated carbocycles. The predicted octanol–water partition coefficient (Wildman–Crippen LogP) is 0.908. The van der Waals surface area contributed by atoms with Gasteiger partial charge in [-0.15, -0.1) is 0 Å². The third-order valence-corrected chi connectivity index (χ3v) is 3.24. The summed E-state index contributed by atoms with van der Waals surface area (Å²) in [4.78, 5) is 34.6. The maximum atomic E-state index is 12.0. The molecule has 7 nitrogen and oxygen atoms in total. The third kappa shape index (κ3) is 4.91. The Bertz CT molecular complexity index is 728. The number of amides is 1. The first-order chi connectivity index (χ1) is 11.0. The smallest absolute Gasteiger partial charge is 0.254 e. The monoisotopic (exact) mass is 316 g/mol. The highest BCUT2D eigenvalue weighted by atomic mass is 16.5. The Balaban J connectivity index is 1.87. The molecule has 2 aromatic rings. The highest BCUT2D eigenvalue weighted by molar-refractivity contribution is 5.78. The topological polar surface area (TPSA) is 97.0 Å². The van der Waals surface area contributed by atoms with Gasteiger partial charge in [0.1, 0.15) is 17.7 Å². The van der Waals surface area contributed by atoms with Crippen LogP contribution in [0.25, 0.3) is 0 Å². The standard InChI is InChI=1S/C16H20N4O3/c1-10(23-13-5-4-6-17-9-13)8-18-15(21)7-14-11(2)19-12(3)20-16(14)22/h4-6,9-10H,7-8H2,1-3H3,(H,18,21)(H,19,20,22)/t10-/m1/s1. The highest BCUT2D eigenvalue weighted by Crippen LogP contribution is 2.08. The van der Waals surface area contributed by atoms with E-state index in [0.29, 0.717) is 29.4 Å². The van der Waals surface area contributed by atoms with E-state index >= 15 is 0 Å². The maximum Gasteiger partial charge on any atom is 0.254 e. The van der Waals surface area contributed by atoms with Crippen LogP contribution in [0.1, 0.15) is 24.0 Å². The van der Waals surface area contributed by atoms with Gasteiger partial charge < -0.3 is 15.0 Å². The molecule has 0 aromatic carbocycles. The van der Waals surface area contributed by atoms with Crippen molar-refractivity contribution in [2.24, 2.45) is 0 Å². The van der Waals surface area contributed by atoms with Crippen molar-refractivity contribution in [1.82, 2.24) is 20.3 Å². The second kappa shape index (κ2) is 7.53. The first-order valence-electron chi connectivity index (χ1n) is 7.35. The van der Waals surface area contributed by atoms with Crippen LogP contribution in [0.2, 0.25) is 0 Å². The van der Waals surface area contributed by atoms with Crippen LogP contribution in [0.4, 0.5) is 0 Å². The molecule has 0 saturated heterocycles. The van der Waals surface area contributed by atoms with E-state index < -0.39 is 0 Å². The Morgan fingerprint density at radius 2 is 2.22 bits per heavy atom. The molecule has 1 amide bonds. The number of rotatable bonds is 6. The Morgan fingerprint density at radius 3 is 2.87 bits per heavy atom. The lowest BCUT2D eigenvalue weighted by molar-refractivity contribution is -0.120. The van der Waals surface area contributed by atoms with Gasteiger partial charge in [0.15, 0.2) is 0 Å². The number of H-pyrrole nitrogens is 1. The SMILES string of the molecule is Cc1nc(C)c(CC(=O)NC[C@@H](C)Oc2cccnc2)c(=O)[nH]1. The van der Waals surface area contributed by atoms with Crippen LogP contribution in [0.3, 0.4) is 0 Å². The molecule has 0 aliphatic heterocycles. The van der Waals surface area contributed by atoms with Gasteiger partial charge in [0.25, 0.3) is 5.56 Å². The number of hydrogen-bond acceptors (Lipinski definition) is 5. The summed E-state index contributed by atoms with van der Waals surface area (Å²) in [5.74, 6) is 0.935. The molecule has 2 aromatic heterocycles. The number of nitrogens with one attached hydrogen (secondary N) is 2. The van der Waals surface area contributed by atoms with E-state index in [2.05, 4.69) is 20.3 Å². The summed E-state index contributed by atoms with van der Waals surface area (Å²) >= 11 is 0. The highest BCUT2D eigenvalue weighted by Gasteiger charge is 2.13. The number of carbonyl (C=O) groups excluding carboxylic acids is 1. The number of aromatic nitrogens is 3. The van der Waals surface area contributed by atoms with E-state index in [1.165, 1.54) is 0 Å². The fourth-order valence-electron chi connectivity index (χ4n) is 2.13. The summed E-state index contributed by atoms with van der Waals surface area (Å²) in [6, 6.07) is 3.58. The van der Waals surface area contributed by atoms with Crippen LogP contribution in [-0.4, -0.2) is 33.5 Å². The number of carbonyl (C=O) groups is 1. The van der Waals surface area contributed by atoms with Gasteiger partial charge in [-0.25, -0.2) is 4.98 Å². The van der Waals surface area contributed by atoms with Crippen LogP contribution < -0.4 is 15.6 Å². The van der Waals surface area contributed by atoms with Crippen molar-refractivity contribution in [1.29, 1.82) is 0 Å². The summed E-state index contributed by atoms with van der Waals surface area (Å²) in [6.45, 7) is 5.61. The molecule has 2 rings (SSSR count). The molecule has 23 heavy (non-hydrogen) atoms. The number of aromatic amines is 1. The quantitative estimate of drug-likeness (QED) is 0.825. The molecule has 0 radical (unpaired) electrons. The zero-order chi connectivity index (χ0) is 16.8. The zero-order valence-corrected chi connectivity index (χ0v) is 13.4. The second-order valence-electron chi connectivity index (χ2n) is 5.31. The molecule has 7 heteroatoms. The van der Waals surface area contributed by atoms with Crippen molar-refractivity contribution in [3.8, 4) is 5.75 Å². The van der Waals surface area contributed by atoms with E-state index in [4.69, 9.17) is 4.74 Å². The molecule has 2 N–H and O–H groups in total. The maximum absolute atomic E-state index is 12.0. The molecule has 0 fully saturated rings. The van der Waals surface area contributed by atoms with Gasteiger partial charge in [-0.3, -0.25) is 14.6 Å². The Hall–Kier alpha value is -2.70. The zero-order valence-electron chi connectivity index (χ0n) is 13.4. The Kier molecular flexibility index (Phi) is 5.46. The molecule has 0 bridgehead atoms. The minimum atomic E-state index is -0.273. The average molecular weight is 316 g/mol. The van der Waals surface area contributed by atoms with Crippen molar-refractivity contribution in [2.45, 2.75) is 33.3 Å². The number of pyridine rings is 1. The molecule has 2 heterocycles. The lowest BCUT2D eigenvalue weighted by Gasteiger charge is -2.15. The summed E-state index contributed by atoms with van der Waals surface area (Å²) in [6.07, 6.45) is 3.06. The predicted molar refractivity (Wildman–Crippen MR) is 85.4 cm³/mol. The molecule has 1 atom stereocenters. The minimum Gasteiger partial charge on any atom is -0.487 e. The summed E-state index contributed by atoms with van der Waals surface area (Å²) in [7, 11) is 0. The van der Waals surface area contributed by atoms with Crippen molar-refractivity contribution in [3.05, 3.63) is 52.0 Å². The summed E-state index contributed by atoms with van der Waals surface area (Å²) in [5.41, 5.74) is 0.680. The molecular formula is C16H20N4O3. The minimum absolute atomic E-state index is 0.00589. The van der Waals surface area contributed by atoms with E-state index in [9.17, 15) is 9.59 Å². The number of nitrogens with zero attached hydrogens (tertiary/aromatic N) is 2. The van der Waals surface area contributed by atoms with Gasteiger partial charge in [-0.05, 0) is 32.9 Å². The normalized spacial score (nSPS) is 11.8. The fourth-order valence-corrected chi connectivity index (χ4v) is 2.13. The van der Waals surface area contributed by atoms with Crippen LogP contribution in [0.5, 0.6) is 5.75 Å². The largest absolute Gasteiger partial charge is 0.487 e. The Morgan fingerprint density at radius 1 is 1.43 bits per heavy atom. The molecule has 0 aliphatic carbocycles. The van der Waals surface area contributed by atoms with Gasteiger partial charge in [0, 0.05) is 17.5 Å².